The Morgan fingerprint density at radius 1 is 1.73 bits per heavy atom. The lowest BCUT2D eigenvalue weighted by Crippen LogP contribution is -1.97. The molecule has 0 atom stereocenters. The van der Waals surface area contributed by atoms with Crippen LogP contribution in [0.15, 0.2) is 31.0 Å². The highest BCUT2D eigenvalue weighted by Gasteiger charge is 2.00. The second kappa shape index (κ2) is 3.10. The molecule has 0 N–H and O–H groups in total. The number of pyridine rings is 1. The highest BCUT2D eigenvalue weighted by molar-refractivity contribution is 6.02. The number of allylic oxidation sites excluding steroid dienone is 1. The van der Waals surface area contributed by atoms with E-state index in [4.69, 9.17) is 0 Å². The van der Waals surface area contributed by atoms with E-state index >= 15 is 0 Å². The second-order valence-corrected chi connectivity index (χ2v) is 2.29. The van der Waals surface area contributed by atoms with Crippen molar-refractivity contribution in [3.8, 4) is 0 Å². The Morgan fingerprint density at radius 3 is 3.00 bits per heavy atom. The van der Waals surface area contributed by atoms with Gasteiger partial charge in [0, 0.05) is 6.20 Å². The normalized spacial score (nSPS) is 9.18. The molecule has 2 nitrogen and oxygen atoms in total. The van der Waals surface area contributed by atoms with E-state index < -0.39 is 0 Å². The number of rotatable bonds is 2. The van der Waals surface area contributed by atoms with Gasteiger partial charge in [-0.1, -0.05) is 6.58 Å². The molecule has 0 amide bonds. The lowest BCUT2D eigenvalue weighted by molar-refractivity contribution is 0.104. The van der Waals surface area contributed by atoms with E-state index in [2.05, 4.69) is 11.6 Å². The molecule has 0 saturated carbocycles. The highest BCUT2D eigenvalue weighted by atomic mass is 16.1. The monoisotopic (exact) mass is 147 g/mol. The average molecular weight is 147 g/mol. The number of carbonyl (C=O) groups excluding carboxylic acids is 1. The molecule has 0 spiro atoms. The fourth-order valence-electron chi connectivity index (χ4n) is 0.775. The molecule has 56 valence electrons. The van der Waals surface area contributed by atoms with Crippen LogP contribution in [-0.2, 0) is 0 Å². The summed E-state index contributed by atoms with van der Waals surface area (Å²) in [5.74, 6) is -0.131. The molecule has 0 unspecified atom stereocenters. The maximum Gasteiger partial charge on any atom is 0.203 e. The van der Waals surface area contributed by atoms with Gasteiger partial charge in [0.05, 0.1) is 0 Å². The molecular formula is C9H9NO. The molecule has 0 saturated heterocycles. The largest absolute Gasteiger partial charge is 0.288 e. The standard InChI is InChI=1S/C9H9NO/c1-3-9(11)8-6-7(2)4-5-10-8/h3-6H,1H2,2H3. The van der Waals surface area contributed by atoms with Crippen LogP contribution in [0.25, 0.3) is 0 Å². The molecule has 1 heterocycles. The van der Waals surface area contributed by atoms with Crippen molar-refractivity contribution in [2.75, 3.05) is 0 Å². The molecular weight excluding hydrogens is 138 g/mol. The van der Waals surface area contributed by atoms with Gasteiger partial charge in [-0.2, -0.15) is 0 Å². The summed E-state index contributed by atoms with van der Waals surface area (Å²) in [6, 6.07) is 3.59. The Morgan fingerprint density at radius 2 is 2.45 bits per heavy atom. The third-order valence-corrected chi connectivity index (χ3v) is 1.35. The molecule has 0 aliphatic carbocycles. The zero-order valence-electron chi connectivity index (χ0n) is 6.37. The van der Waals surface area contributed by atoms with E-state index in [0.29, 0.717) is 5.69 Å². The third kappa shape index (κ3) is 1.74. The predicted molar refractivity (Wildman–Crippen MR) is 43.5 cm³/mol. The Balaban J connectivity index is 3.05. The number of ketones is 1. The molecule has 11 heavy (non-hydrogen) atoms. The fraction of sp³-hybridized carbons (Fsp3) is 0.111. The van der Waals surface area contributed by atoms with Crippen LogP contribution in [0.5, 0.6) is 0 Å². The highest BCUT2D eigenvalue weighted by Crippen LogP contribution is 2.00. The first-order valence-corrected chi connectivity index (χ1v) is 3.33. The Bertz CT molecular complexity index is 291. The first-order valence-electron chi connectivity index (χ1n) is 3.33. The molecule has 1 aromatic rings. The summed E-state index contributed by atoms with van der Waals surface area (Å²) in [5.41, 5.74) is 1.49. The number of aromatic nitrogens is 1. The number of hydrogen-bond acceptors (Lipinski definition) is 2. The molecule has 1 rings (SSSR count). The van der Waals surface area contributed by atoms with E-state index in [9.17, 15) is 4.79 Å². The molecule has 0 aliphatic heterocycles. The van der Waals surface area contributed by atoms with Gasteiger partial charge in [0.1, 0.15) is 5.69 Å². The van der Waals surface area contributed by atoms with Gasteiger partial charge in [0.2, 0.25) is 5.78 Å². The van der Waals surface area contributed by atoms with E-state index in [1.54, 1.807) is 12.3 Å². The summed E-state index contributed by atoms with van der Waals surface area (Å²) in [4.78, 5) is 14.9. The van der Waals surface area contributed by atoms with Crippen LogP contribution in [0.4, 0.5) is 0 Å². The van der Waals surface area contributed by atoms with Gasteiger partial charge in [-0.3, -0.25) is 9.78 Å². The number of carbonyl (C=O) groups is 1. The Labute approximate surface area is 65.6 Å². The van der Waals surface area contributed by atoms with Crippen molar-refractivity contribution < 1.29 is 4.79 Å². The summed E-state index contributed by atoms with van der Waals surface area (Å²) in [6.07, 6.45) is 2.88. The molecule has 0 radical (unpaired) electrons. The number of hydrogen-bond donors (Lipinski definition) is 0. The van der Waals surface area contributed by atoms with Crippen molar-refractivity contribution in [2.45, 2.75) is 6.92 Å². The topological polar surface area (TPSA) is 30.0 Å². The summed E-state index contributed by atoms with van der Waals surface area (Å²) in [5, 5.41) is 0. The van der Waals surface area contributed by atoms with Crippen LogP contribution >= 0.6 is 0 Å². The SMILES string of the molecule is C=CC(=O)c1cc(C)ccn1. The quantitative estimate of drug-likeness (QED) is 0.471. The number of aryl methyl sites for hydroxylation is 1. The Kier molecular flexibility index (Phi) is 2.16. The van der Waals surface area contributed by atoms with Gasteiger partial charge in [-0.25, -0.2) is 0 Å². The second-order valence-electron chi connectivity index (χ2n) is 2.29. The lowest BCUT2D eigenvalue weighted by Gasteiger charge is -1.94. The summed E-state index contributed by atoms with van der Waals surface area (Å²) < 4.78 is 0. The maximum atomic E-state index is 11.0. The van der Waals surface area contributed by atoms with Gasteiger partial charge in [-0.05, 0) is 30.7 Å². The smallest absolute Gasteiger partial charge is 0.203 e. The first kappa shape index (κ1) is 7.66. The van der Waals surface area contributed by atoms with Gasteiger partial charge in [0.15, 0.2) is 0 Å². The van der Waals surface area contributed by atoms with Gasteiger partial charge < -0.3 is 0 Å². The van der Waals surface area contributed by atoms with Gasteiger partial charge in [0.25, 0.3) is 0 Å². The molecule has 0 aliphatic rings. The van der Waals surface area contributed by atoms with Gasteiger partial charge in [-0.15, -0.1) is 0 Å². The lowest BCUT2D eigenvalue weighted by atomic mass is 10.2. The average Bonchev–Trinajstić information content (AvgIpc) is 2.03. The van der Waals surface area contributed by atoms with Crippen molar-refractivity contribution in [2.24, 2.45) is 0 Å². The minimum atomic E-state index is -0.131. The third-order valence-electron chi connectivity index (χ3n) is 1.35. The van der Waals surface area contributed by atoms with Crippen molar-refractivity contribution in [1.29, 1.82) is 0 Å². The van der Waals surface area contributed by atoms with Crippen LogP contribution in [0, 0.1) is 6.92 Å². The van der Waals surface area contributed by atoms with E-state index in [1.807, 2.05) is 13.0 Å². The zero-order chi connectivity index (χ0) is 8.27. The molecule has 0 aromatic carbocycles. The summed E-state index contributed by atoms with van der Waals surface area (Å²) in [6.45, 7) is 5.30. The van der Waals surface area contributed by atoms with E-state index in [-0.39, 0.29) is 5.78 Å². The minimum Gasteiger partial charge on any atom is -0.288 e. The fourth-order valence-corrected chi connectivity index (χ4v) is 0.775. The Hall–Kier alpha value is -1.44. The molecule has 1 aromatic heterocycles. The summed E-state index contributed by atoms with van der Waals surface area (Å²) in [7, 11) is 0. The van der Waals surface area contributed by atoms with Crippen LogP contribution in [0.2, 0.25) is 0 Å². The zero-order valence-corrected chi connectivity index (χ0v) is 6.37. The van der Waals surface area contributed by atoms with Gasteiger partial charge >= 0.3 is 0 Å². The van der Waals surface area contributed by atoms with E-state index in [1.165, 1.54) is 6.08 Å². The summed E-state index contributed by atoms with van der Waals surface area (Å²) >= 11 is 0. The van der Waals surface area contributed by atoms with Crippen LogP contribution < -0.4 is 0 Å². The molecule has 0 fully saturated rings. The van der Waals surface area contributed by atoms with Crippen LogP contribution in [0.3, 0.4) is 0 Å². The van der Waals surface area contributed by atoms with Crippen LogP contribution in [-0.4, -0.2) is 10.8 Å². The van der Waals surface area contributed by atoms with Crippen molar-refractivity contribution in [3.63, 3.8) is 0 Å². The van der Waals surface area contributed by atoms with Crippen molar-refractivity contribution >= 4 is 5.78 Å². The van der Waals surface area contributed by atoms with Crippen LogP contribution in [0.1, 0.15) is 16.1 Å². The van der Waals surface area contributed by atoms with E-state index in [0.717, 1.165) is 5.56 Å². The number of nitrogens with zero attached hydrogens (tertiary/aromatic N) is 1. The van der Waals surface area contributed by atoms with Crippen molar-refractivity contribution in [3.05, 3.63) is 42.2 Å². The van der Waals surface area contributed by atoms with Crippen molar-refractivity contribution in [1.82, 2.24) is 4.98 Å². The predicted octanol–water partition coefficient (Wildman–Crippen LogP) is 1.76. The minimum absolute atomic E-state index is 0.131. The first-order chi connectivity index (χ1) is 5.24. The maximum absolute atomic E-state index is 11.0. The molecule has 2 heteroatoms. The molecule has 0 bridgehead atoms.